The van der Waals surface area contributed by atoms with Crippen molar-refractivity contribution in [3.8, 4) is 0 Å². The highest BCUT2D eigenvalue weighted by molar-refractivity contribution is 6.33. The smallest absolute Gasteiger partial charge is 0.396 e. The first-order valence-corrected chi connectivity index (χ1v) is 6.91. The quantitative estimate of drug-likeness (QED) is 0.928. The zero-order valence-electron chi connectivity index (χ0n) is 10.8. The van der Waals surface area contributed by atoms with Gasteiger partial charge < -0.3 is 10.0 Å². The Morgan fingerprint density at radius 1 is 1.40 bits per heavy atom. The van der Waals surface area contributed by atoms with Crippen LogP contribution >= 0.6 is 11.6 Å². The largest absolute Gasteiger partial charge is 0.417 e. The van der Waals surface area contributed by atoms with Crippen LogP contribution in [0.3, 0.4) is 0 Å². The number of piperidine rings is 1. The molecule has 7 heteroatoms. The number of alkyl halides is 3. The van der Waals surface area contributed by atoms with E-state index in [0.717, 1.165) is 31.5 Å². The lowest BCUT2D eigenvalue weighted by atomic mass is 9.99. The molecule has 0 bridgehead atoms. The minimum atomic E-state index is -4.44. The van der Waals surface area contributed by atoms with E-state index in [1.54, 1.807) is 0 Å². The topological polar surface area (TPSA) is 36.4 Å². The van der Waals surface area contributed by atoms with E-state index >= 15 is 0 Å². The van der Waals surface area contributed by atoms with Crippen LogP contribution in [0.25, 0.3) is 0 Å². The third-order valence-corrected chi connectivity index (χ3v) is 3.79. The summed E-state index contributed by atoms with van der Waals surface area (Å²) >= 11 is 5.97. The maximum absolute atomic E-state index is 12.6. The second kappa shape index (κ2) is 6.18. The molecule has 1 unspecified atom stereocenters. The van der Waals surface area contributed by atoms with E-state index in [-0.39, 0.29) is 17.7 Å². The summed E-state index contributed by atoms with van der Waals surface area (Å²) < 4.78 is 37.8. The van der Waals surface area contributed by atoms with Crippen molar-refractivity contribution in [3.05, 3.63) is 22.8 Å². The molecule has 0 aromatic carbocycles. The molecule has 1 N–H and O–H groups in total. The van der Waals surface area contributed by atoms with Gasteiger partial charge in [-0.1, -0.05) is 11.6 Å². The maximum Gasteiger partial charge on any atom is 0.417 e. The Hall–Kier alpha value is -1.01. The van der Waals surface area contributed by atoms with Crippen LogP contribution in [0.2, 0.25) is 5.02 Å². The fourth-order valence-electron chi connectivity index (χ4n) is 2.53. The first-order chi connectivity index (χ1) is 9.43. The van der Waals surface area contributed by atoms with Crippen molar-refractivity contribution in [2.45, 2.75) is 37.9 Å². The molecule has 0 spiro atoms. The number of halogens is 4. The van der Waals surface area contributed by atoms with Crippen molar-refractivity contribution in [3.63, 3.8) is 0 Å². The highest BCUT2D eigenvalue weighted by Gasteiger charge is 2.33. The molecule has 112 valence electrons. The number of anilines is 1. The van der Waals surface area contributed by atoms with Gasteiger partial charge in [-0.2, -0.15) is 13.2 Å². The molecule has 2 rings (SSSR count). The SMILES string of the molecule is OCCC1CCCCN1c1ncc(C(F)(F)F)cc1Cl. The predicted molar refractivity (Wildman–Crippen MR) is 70.9 cm³/mol. The molecule has 0 radical (unpaired) electrons. The maximum atomic E-state index is 12.6. The number of aliphatic hydroxyl groups is 1. The normalized spacial score (nSPS) is 20.2. The molecular weight excluding hydrogens is 293 g/mol. The zero-order valence-corrected chi connectivity index (χ0v) is 11.6. The number of hydrogen-bond donors (Lipinski definition) is 1. The minimum absolute atomic E-state index is 0.00432. The summed E-state index contributed by atoms with van der Waals surface area (Å²) in [5, 5.41) is 9.08. The Morgan fingerprint density at radius 2 is 2.15 bits per heavy atom. The van der Waals surface area contributed by atoms with Gasteiger partial charge in [0.2, 0.25) is 0 Å². The molecule has 1 aromatic heterocycles. The Morgan fingerprint density at radius 3 is 2.75 bits per heavy atom. The Bertz CT molecular complexity index is 465. The summed E-state index contributed by atoms with van der Waals surface area (Å²) in [5.41, 5.74) is -0.845. The molecule has 1 fully saturated rings. The van der Waals surface area contributed by atoms with Gasteiger partial charge in [0.15, 0.2) is 0 Å². The number of aromatic nitrogens is 1. The van der Waals surface area contributed by atoms with Gasteiger partial charge in [0, 0.05) is 25.4 Å². The average molecular weight is 309 g/mol. The summed E-state index contributed by atoms with van der Waals surface area (Å²) in [6.07, 6.45) is -0.188. The molecule has 1 saturated heterocycles. The minimum Gasteiger partial charge on any atom is -0.396 e. The highest BCUT2D eigenvalue weighted by Crippen LogP contribution is 2.35. The number of aliphatic hydroxyl groups excluding tert-OH is 1. The van der Waals surface area contributed by atoms with E-state index in [4.69, 9.17) is 16.7 Å². The Kier molecular flexibility index (Phi) is 4.75. The van der Waals surface area contributed by atoms with Crippen LogP contribution < -0.4 is 4.90 Å². The molecule has 1 aliphatic rings. The molecule has 2 heterocycles. The molecule has 1 aromatic rings. The third kappa shape index (κ3) is 3.35. The molecule has 0 saturated carbocycles. The first kappa shape index (κ1) is 15.4. The number of hydrogen-bond acceptors (Lipinski definition) is 3. The van der Waals surface area contributed by atoms with Crippen LogP contribution in [-0.4, -0.2) is 29.3 Å². The molecule has 1 atom stereocenters. The fourth-order valence-corrected chi connectivity index (χ4v) is 2.80. The van der Waals surface area contributed by atoms with Crippen LogP contribution in [0, 0.1) is 0 Å². The van der Waals surface area contributed by atoms with E-state index < -0.39 is 11.7 Å². The summed E-state index contributed by atoms with van der Waals surface area (Å²) in [6.45, 7) is 0.738. The number of rotatable bonds is 3. The summed E-state index contributed by atoms with van der Waals surface area (Å²) in [6, 6.07) is 0.990. The van der Waals surface area contributed by atoms with E-state index in [1.165, 1.54) is 0 Å². The lowest BCUT2D eigenvalue weighted by molar-refractivity contribution is -0.137. The zero-order chi connectivity index (χ0) is 14.8. The van der Waals surface area contributed by atoms with Gasteiger partial charge >= 0.3 is 6.18 Å². The highest BCUT2D eigenvalue weighted by atomic mass is 35.5. The van der Waals surface area contributed by atoms with Crippen molar-refractivity contribution in [1.82, 2.24) is 4.98 Å². The second-order valence-corrected chi connectivity index (χ2v) is 5.29. The van der Waals surface area contributed by atoms with E-state index in [1.807, 2.05) is 4.90 Å². The van der Waals surface area contributed by atoms with Crippen molar-refractivity contribution in [2.24, 2.45) is 0 Å². The number of nitrogens with zero attached hydrogens (tertiary/aromatic N) is 2. The third-order valence-electron chi connectivity index (χ3n) is 3.51. The lowest BCUT2D eigenvalue weighted by Gasteiger charge is -2.37. The Labute approximate surface area is 120 Å². The summed E-state index contributed by atoms with van der Waals surface area (Å²) in [5.74, 6) is 0.373. The number of pyridine rings is 1. The van der Waals surface area contributed by atoms with Crippen LogP contribution in [0.1, 0.15) is 31.2 Å². The van der Waals surface area contributed by atoms with E-state index in [2.05, 4.69) is 4.98 Å². The van der Waals surface area contributed by atoms with Crippen molar-refractivity contribution >= 4 is 17.4 Å². The van der Waals surface area contributed by atoms with Gasteiger partial charge in [0.1, 0.15) is 5.82 Å². The monoisotopic (exact) mass is 308 g/mol. The summed E-state index contributed by atoms with van der Waals surface area (Å²) in [7, 11) is 0. The van der Waals surface area contributed by atoms with Gasteiger partial charge in [-0.25, -0.2) is 4.98 Å². The summed E-state index contributed by atoms with van der Waals surface area (Å²) in [4.78, 5) is 5.80. The van der Waals surface area contributed by atoms with Gasteiger partial charge in [0.05, 0.1) is 10.6 Å². The molecule has 0 amide bonds. The van der Waals surface area contributed by atoms with Crippen molar-refractivity contribution in [2.75, 3.05) is 18.1 Å². The Balaban J connectivity index is 2.27. The lowest BCUT2D eigenvalue weighted by Crippen LogP contribution is -2.40. The van der Waals surface area contributed by atoms with Gasteiger partial charge in [-0.05, 0) is 31.7 Å². The molecule has 0 aliphatic carbocycles. The van der Waals surface area contributed by atoms with Gasteiger partial charge in [0.25, 0.3) is 0 Å². The first-order valence-electron chi connectivity index (χ1n) is 6.53. The average Bonchev–Trinajstić information content (AvgIpc) is 2.39. The van der Waals surface area contributed by atoms with Crippen molar-refractivity contribution < 1.29 is 18.3 Å². The second-order valence-electron chi connectivity index (χ2n) is 4.88. The standard InChI is InChI=1S/C13H16ClF3N2O/c14-11-7-9(13(15,16)17)8-18-12(11)19-5-2-1-3-10(19)4-6-20/h7-8,10,20H,1-6H2. The van der Waals surface area contributed by atoms with Gasteiger partial charge in [-0.3, -0.25) is 0 Å². The van der Waals surface area contributed by atoms with E-state index in [9.17, 15) is 13.2 Å². The van der Waals surface area contributed by atoms with E-state index in [0.29, 0.717) is 18.8 Å². The van der Waals surface area contributed by atoms with Gasteiger partial charge in [-0.15, -0.1) is 0 Å². The molecule has 20 heavy (non-hydrogen) atoms. The van der Waals surface area contributed by atoms with Crippen LogP contribution in [0.15, 0.2) is 12.3 Å². The predicted octanol–water partition coefficient (Wildman–Crippen LogP) is 3.50. The van der Waals surface area contributed by atoms with Crippen LogP contribution in [-0.2, 0) is 6.18 Å². The fraction of sp³-hybridized carbons (Fsp3) is 0.615. The molecule has 3 nitrogen and oxygen atoms in total. The van der Waals surface area contributed by atoms with Crippen molar-refractivity contribution in [1.29, 1.82) is 0 Å². The van der Waals surface area contributed by atoms with Crippen LogP contribution in [0.5, 0.6) is 0 Å². The molecule has 1 aliphatic heterocycles. The van der Waals surface area contributed by atoms with Crippen LogP contribution in [0.4, 0.5) is 19.0 Å². The molecular formula is C13H16ClF3N2O.